The number of rotatable bonds is 3. The molecule has 0 unspecified atom stereocenters. The molecular formula is C15H22N4O2. The van der Waals surface area contributed by atoms with Crippen LogP contribution in [-0.2, 0) is 0 Å². The van der Waals surface area contributed by atoms with Crippen LogP contribution in [0.5, 0.6) is 0 Å². The summed E-state index contributed by atoms with van der Waals surface area (Å²) in [6, 6.07) is 5.92. The number of nitrogen functional groups attached to an aromatic ring is 1. The zero-order valence-corrected chi connectivity index (χ0v) is 12.2. The van der Waals surface area contributed by atoms with E-state index in [4.69, 9.17) is 5.73 Å². The fraction of sp³-hybridized carbons (Fsp3) is 0.600. The first kappa shape index (κ1) is 14.1. The monoisotopic (exact) mass is 290 g/mol. The van der Waals surface area contributed by atoms with Crippen LogP contribution in [-0.4, -0.2) is 42.0 Å². The third-order valence-corrected chi connectivity index (χ3v) is 4.72. The van der Waals surface area contributed by atoms with Crippen molar-refractivity contribution in [2.24, 2.45) is 0 Å². The maximum Gasteiger partial charge on any atom is 0.315 e. The first-order chi connectivity index (χ1) is 10.2. The first-order valence-electron chi connectivity index (χ1n) is 7.68. The minimum atomic E-state index is -0.367. The van der Waals surface area contributed by atoms with E-state index in [1.807, 2.05) is 0 Å². The van der Waals surface area contributed by atoms with E-state index in [1.54, 1.807) is 18.2 Å². The second-order valence-corrected chi connectivity index (χ2v) is 5.93. The van der Waals surface area contributed by atoms with E-state index in [0.29, 0.717) is 5.69 Å². The molecule has 0 amide bonds. The lowest BCUT2D eigenvalue weighted by molar-refractivity contribution is -0.383. The number of anilines is 2. The van der Waals surface area contributed by atoms with Crippen LogP contribution >= 0.6 is 0 Å². The van der Waals surface area contributed by atoms with Gasteiger partial charge in [0.05, 0.1) is 4.92 Å². The van der Waals surface area contributed by atoms with Crippen LogP contribution in [0, 0.1) is 10.1 Å². The van der Waals surface area contributed by atoms with Crippen molar-refractivity contribution in [1.82, 2.24) is 4.90 Å². The Morgan fingerprint density at radius 1 is 1.14 bits per heavy atom. The molecule has 2 fully saturated rings. The van der Waals surface area contributed by atoms with Crippen molar-refractivity contribution in [2.75, 3.05) is 36.8 Å². The van der Waals surface area contributed by atoms with Gasteiger partial charge >= 0.3 is 5.69 Å². The summed E-state index contributed by atoms with van der Waals surface area (Å²) in [5, 5.41) is 11.2. The fourth-order valence-corrected chi connectivity index (χ4v) is 3.60. The Morgan fingerprint density at radius 3 is 2.43 bits per heavy atom. The predicted octanol–water partition coefficient (Wildman–Crippen LogP) is 2.24. The topological polar surface area (TPSA) is 75.6 Å². The van der Waals surface area contributed by atoms with E-state index >= 15 is 0 Å². The van der Waals surface area contributed by atoms with E-state index in [0.717, 1.165) is 32.2 Å². The molecule has 0 atom stereocenters. The molecule has 2 aliphatic rings. The maximum atomic E-state index is 11.2. The van der Waals surface area contributed by atoms with Crippen molar-refractivity contribution < 1.29 is 4.92 Å². The van der Waals surface area contributed by atoms with Crippen LogP contribution in [0.3, 0.4) is 0 Å². The van der Waals surface area contributed by atoms with Crippen molar-refractivity contribution in [3.05, 3.63) is 28.3 Å². The highest BCUT2D eigenvalue weighted by Crippen LogP contribution is 2.34. The summed E-state index contributed by atoms with van der Waals surface area (Å²) in [6.07, 6.45) is 5.29. The second-order valence-electron chi connectivity index (χ2n) is 5.93. The zero-order valence-electron chi connectivity index (χ0n) is 12.2. The minimum Gasteiger partial charge on any atom is -0.393 e. The average molecular weight is 290 g/mol. The number of nitro groups is 1. The van der Waals surface area contributed by atoms with Crippen LogP contribution in [0.1, 0.15) is 25.7 Å². The summed E-state index contributed by atoms with van der Waals surface area (Å²) in [5.74, 6) is 0. The molecule has 6 nitrogen and oxygen atoms in total. The normalized spacial score (nSPS) is 20.9. The molecule has 3 rings (SSSR count). The SMILES string of the molecule is Nc1cccc(N2CCN(C3CCCC3)CC2)c1[N+](=O)[O-]. The quantitative estimate of drug-likeness (QED) is 0.525. The van der Waals surface area contributed by atoms with Gasteiger partial charge in [-0.05, 0) is 25.0 Å². The van der Waals surface area contributed by atoms with Gasteiger partial charge in [0, 0.05) is 32.2 Å². The highest BCUT2D eigenvalue weighted by Gasteiger charge is 2.29. The van der Waals surface area contributed by atoms with Crippen LogP contribution in [0.4, 0.5) is 17.1 Å². The van der Waals surface area contributed by atoms with Crippen molar-refractivity contribution in [3.63, 3.8) is 0 Å². The Labute approximate surface area is 124 Å². The number of nitro benzene ring substituents is 1. The first-order valence-corrected chi connectivity index (χ1v) is 7.68. The number of hydrogen-bond acceptors (Lipinski definition) is 5. The van der Waals surface area contributed by atoms with Gasteiger partial charge in [0.25, 0.3) is 0 Å². The van der Waals surface area contributed by atoms with Gasteiger partial charge in [0.2, 0.25) is 0 Å². The Morgan fingerprint density at radius 2 is 1.81 bits per heavy atom. The molecule has 1 aromatic rings. The van der Waals surface area contributed by atoms with Gasteiger partial charge in [0.1, 0.15) is 11.4 Å². The van der Waals surface area contributed by atoms with E-state index in [-0.39, 0.29) is 16.3 Å². The number of para-hydroxylation sites is 1. The number of piperazine rings is 1. The van der Waals surface area contributed by atoms with Gasteiger partial charge in [0.15, 0.2) is 0 Å². The molecule has 6 heteroatoms. The summed E-state index contributed by atoms with van der Waals surface area (Å²) in [4.78, 5) is 15.5. The molecule has 2 N–H and O–H groups in total. The average Bonchev–Trinajstić information content (AvgIpc) is 3.01. The molecule has 0 aromatic heterocycles. The predicted molar refractivity (Wildman–Crippen MR) is 83.6 cm³/mol. The molecule has 0 radical (unpaired) electrons. The highest BCUT2D eigenvalue weighted by molar-refractivity contribution is 5.75. The van der Waals surface area contributed by atoms with Crippen LogP contribution in [0.15, 0.2) is 18.2 Å². The summed E-state index contributed by atoms with van der Waals surface area (Å²) in [5.41, 5.74) is 6.73. The van der Waals surface area contributed by atoms with Crippen LogP contribution in [0.2, 0.25) is 0 Å². The molecular weight excluding hydrogens is 268 g/mol. The van der Waals surface area contributed by atoms with Crippen molar-refractivity contribution in [3.8, 4) is 0 Å². The van der Waals surface area contributed by atoms with E-state index < -0.39 is 0 Å². The van der Waals surface area contributed by atoms with Gasteiger partial charge in [-0.1, -0.05) is 18.9 Å². The molecule has 0 spiro atoms. The Hall–Kier alpha value is -1.82. The number of nitrogens with zero attached hydrogens (tertiary/aromatic N) is 3. The number of benzene rings is 1. The third kappa shape index (κ3) is 2.81. The Balaban J connectivity index is 1.72. The standard InChI is InChI=1S/C15H22N4O2/c16-13-6-3-7-14(15(13)19(20)21)18-10-8-17(9-11-18)12-4-1-2-5-12/h3,6-7,12H,1-2,4-5,8-11,16H2. The van der Waals surface area contributed by atoms with Crippen molar-refractivity contribution >= 4 is 17.1 Å². The summed E-state index contributed by atoms with van der Waals surface area (Å²) >= 11 is 0. The smallest absolute Gasteiger partial charge is 0.315 e. The third-order valence-electron chi connectivity index (χ3n) is 4.72. The summed E-state index contributed by atoms with van der Waals surface area (Å²) in [7, 11) is 0. The zero-order chi connectivity index (χ0) is 14.8. The Kier molecular flexibility index (Phi) is 3.96. The van der Waals surface area contributed by atoms with Crippen molar-refractivity contribution in [1.29, 1.82) is 0 Å². The molecule has 21 heavy (non-hydrogen) atoms. The van der Waals surface area contributed by atoms with Crippen LogP contribution < -0.4 is 10.6 Å². The lowest BCUT2D eigenvalue weighted by Crippen LogP contribution is -2.49. The molecule has 1 aliphatic carbocycles. The van der Waals surface area contributed by atoms with Gasteiger partial charge in [-0.2, -0.15) is 0 Å². The lowest BCUT2D eigenvalue weighted by Gasteiger charge is -2.38. The van der Waals surface area contributed by atoms with Gasteiger partial charge < -0.3 is 10.6 Å². The summed E-state index contributed by atoms with van der Waals surface area (Å²) < 4.78 is 0. The molecule has 1 saturated carbocycles. The van der Waals surface area contributed by atoms with E-state index in [1.165, 1.54) is 25.7 Å². The largest absolute Gasteiger partial charge is 0.393 e. The molecule has 114 valence electrons. The molecule has 1 aromatic carbocycles. The highest BCUT2D eigenvalue weighted by atomic mass is 16.6. The Bertz CT molecular complexity index is 520. The number of nitrogens with two attached hydrogens (primary N) is 1. The molecule has 0 bridgehead atoms. The van der Waals surface area contributed by atoms with E-state index in [9.17, 15) is 10.1 Å². The van der Waals surface area contributed by atoms with E-state index in [2.05, 4.69) is 9.80 Å². The van der Waals surface area contributed by atoms with Crippen molar-refractivity contribution in [2.45, 2.75) is 31.7 Å². The minimum absolute atomic E-state index is 0.0480. The van der Waals surface area contributed by atoms with Gasteiger partial charge in [-0.3, -0.25) is 15.0 Å². The second kappa shape index (κ2) is 5.89. The molecule has 1 saturated heterocycles. The van der Waals surface area contributed by atoms with Gasteiger partial charge in [-0.25, -0.2) is 0 Å². The van der Waals surface area contributed by atoms with Crippen LogP contribution in [0.25, 0.3) is 0 Å². The molecule has 1 aliphatic heterocycles. The lowest BCUT2D eigenvalue weighted by atomic mass is 10.1. The fourth-order valence-electron chi connectivity index (χ4n) is 3.60. The number of hydrogen-bond donors (Lipinski definition) is 1. The molecule has 1 heterocycles. The maximum absolute atomic E-state index is 11.2. The summed E-state index contributed by atoms with van der Waals surface area (Å²) in [6.45, 7) is 3.63. The van der Waals surface area contributed by atoms with Gasteiger partial charge in [-0.15, -0.1) is 0 Å².